The third-order valence-corrected chi connectivity index (χ3v) is 2.57. The lowest BCUT2D eigenvalue weighted by Crippen LogP contribution is -2.09. The van der Waals surface area contributed by atoms with E-state index in [1.165, 1.54) is 0 Å². The second kappa shape index (κ2) is 4.62. The van der Waals surface area contributed by atoms with Crippen molar-refractivity contribution in [2.45, 2.75) is 19.4 Å². The fourth-order valence-electron chi connectivity index (χ4n) is 1.35. The first-order valence-electron chi connectivity index (χ1n) is 4.41. The number of phenolic OH excluding ortho intramolecular Hbond substituents is 1. The van der Waals surface area contributed by atoms with Crippen molar-refractivity contribution in [1.29, 1.82) is 0 Å². The number of aromatic hydroxyl groups is 1. The number of phenols is 1. The average Bonchev–Trinajstić information content (AvgIpc) is 2.11. The number of hydrogen-bond donors (Lipinski definition) is 2. The molecule has 1 rings (SSSR count). The maximum atomic E-state index is 9.78. The maximum Gasteiger partial charge on any atom is 0.123 e. The molecule has 14 heavy (non-hydrogen) atoms. The van der Waals surface area contributed by atoms with Gasteiger partial charge < -0.3 is 10.8 Å². The van der Waals surface area contributed by atoms with E-state index in [0.29, 0.717) is 6.42 Å². The van der Waals surface area contributed by atoms with Crippen LogP contribution in [0, 0.1) is 6.92 Å². The Hall–Kier alpha value is -0.800. The molecule has 0 saturated carbocycles. The summed E-state index contributed by atoms with van der Waals surface area (Å²) in [4.78, 5) is 0. The number of nitrogens with two attached hydrogens (primary N) is 1. The second-order valence-electron chi connectivity index (χ2n) is 3.29. The number of rotatable bonds is 3. The zero-order valence-electron chi connectivity index (χ0n) is 8.13. The van der Waals surface area contributed by atoms with Gasteiger partial charge in [-0.05, 0) is 31.0 Å². The lowest BCUT2D eigenvalue weighted by molar-refractivity contribution is 0.457. The monoisotopic (exact) mass is 255 g/mol. The molecule has 0 bridgehead atoms. The number of benzene rings is 1. The van der Waals surface area contributed by atoms with Gasteiger partial charge in [-0.3, -0.25) is 0 Å². The summed E-state index contributed by atoms with van der Waals surface area (Å²) in [6.07, 6.45) is 2.41. The zero-order valence-corrected chi connectivity index (χ0v) is 9.71. The summed E-state index contributed by atoms with van der Waals surface area (Å²) in [5.41, 5.74) is 7.48. The van der Waals surface area contributed by atoms with Crippen molar-refractivity contribution in [1.82, 2.24) is 0 Å². The Morgan fingerprint density at radius 3 is 2.86 bits per heavy atom. The Labute approximate surface area is 92.6 Å². The van der Waals surface area contributed by atoms with Gasteiger partial charge in [-0.1, -0.05) is 22.0 Å². The van der Waals surface area contributed by atoms with E-state index >= 15 is 0 Å². The molecule has 0 aliphatic heterocycles. The van der Waals surface area contributed by atoms with Gasteiger partial charge in [0.05, 0.1) is 0 Å². The molecular formula is C11H14BrNO. The van der Waals surface area contributed by atoms with Crippen LogP contribution in [-0.4, -0.2) is 5.11 Å². The highest BCUT2D eigenvalue weighted by Gasteiger charge is 2.12. The van der Waals surface area contributed by atoms with E-state index < -0.39 is 0 Å². The van der Waals surface area contributed by atoms with Crippen molar-refractivity contribution in [3.05, 3.63) is 40.4 Å². The van der Waals surface area contributed by atoms with Gasteiger partial charge in [-0.2, -0.15) is 0 Å². The van der Waals surface area contributed by atoms with Crippen molar-refractivity contribution in [3.8, 4) is 5.75 Å². The molecule has 2 nitrogen and oxygen atoms in total. The fraction of sp³-hybridized carbons (Fsp3) is 0.273. The highest BCUT2D eigenvalue weighted by atomic mass is 79.9. The molecule has 0 aromatic heterocycles. The quantitative estimate of drug-likeness (QED) is 0.816. The van der Waals surface area contributed by atoms with Gasteiger partial charge in [0.2, 0.25) is 0 Å². The largest absolute Gasteiger partial charge is 0.507 e. The van der Waals surface area contributed by atoms with Crippen molar-refractivity contribution in [2.75, 3.05) is 0 Å². The van der Waals surface area contributed by atoms with E-state index in [2.05, 4.69) is 22.5 Å². The summed E-state index contributed by atoms with van der Waals surface area (Å²) < 4.78 is 0.933. The average molecular weight is 256 g/mol. The van der Waals surface area contributed by atoms with Gasteiger partial charge in [0.1, 0.15) is 5.75 Å². The first kappa shape index (κ1) is 11.3. The van der Waals surface area contributed by atoms with Crippen LogP contribution in [0.5, 0.6) is 5.75 Å². The molecule has 0 aliphatic carbocycles. The molecule has 76 valence electrons. The standard InChI is InChI=1S/C11H14BrNO/c1-3-4-10(13)9-6-8(12)5-7(2)11(9)14/h3,5-6,10,14H,1,4,13H2,2H3/t10-/m1/s1. The third kappa shape index (κ3) is 2.36. The Kier molecular flexibility index (Phi) is 3.72. The van der Waals surface area contributed by atoms with Crippen LogP contribution in [0.15, 0.2) is 29.3 Å². The van der Waals surface area contributed by atoms with Crippen molar-refractivity contribution >= 4 is 15.9 Å². The van der Waals surface area contributed by atoms with Gasteiger partial charge in [-0.25, -0.2) is 0 Å². The van der Waals surface area contributed by atoms with Crippen molar-refractivity contribution < 1.29 is 5.11 Å². The van der Waals surface area contributed by atoms with E-state index in [1.807, 2.05) is 19.1 Å². The summed E-state index contributed by atoms with van der Waals surface area (Å²) in [5, 5.41) is 9.78. The lowest BCUT2D eigenvalue weighted by Gasteiger charge is -2.13. The number of aryl methyl sites for hydroxylation is 1. The Morgan fingerprint density at radius 1 is 1.64 bits per heavy atom. The number of halogens is 1. The normalized spacial score (nSPS) is 12.5. The molecule has 0 aliphatic rings. The van der Waals surface area contributed by atoms with Crippen LogP contribution in [0.4, 0.5) is 0 Å². The molecule has 0 fully saturated rings. The van der Waals surface area contributed by atoms with Crippen molar-refractivity contribution in [3.63, 3.8) is 0 Å². The van der Waals surface area contributed by atoms with Crippen LogP contribution in [0.1, 0.15) is 23.6 Å². The van der Waals surface area contributed by atoms with Crippen LogP contribution in [0.25, 0.3) is 0 Å². The second-order valence-corrected chi connectivity index (χ2v) is 4.21. The van der Waals surface area contributed by atoms with E-state index in [0.717, 1.165) is 15.6 Å². The minimum Gasteiger partial charge on any atom is -0.507 e. The molecular weight excluding hydrogens is 242 g/mol. The Balaban J connectivity index is 3.12. The molecule has 0 unspecified atom stereocenters. The third-order valence-electron chi connectivity index (χ3n) is 2.11. The SMILES string of the molecule is C=CC[C@@H](N)c1cc(Br)cc(C)c1O. The van der Waals surface area contributed by atoms with E-state index in [-0.39, 0.29) is 11.8 Å². The van der Waals surface area contributed by atoms with Gasteiger partial charge in [-0.15, -0.1) is 6.58 Å². The smallest absolute Gasteiger partial charge is 0.123 e. The highest BCUT2D eigenvalue weighted by molar-refractivity contribution is 9.10. The minimum atomic E-state index is -0.191. The van der Waals surface area contributed by atoms with Crippen LogP contribution < -0.4 is 5.73 Å². The first-order chi connectivity index (χ1) is 6.56. The molecule has 0 spiro atoms. The maximum absolute atomic E-state index is 9.78. The van der Waals surface area contributed by atoms with E-state index in [9.17, 15) is 5.11 Å². The van der Waals surface area contributed by atoms with E-state index in [4.69, 9.17) is 5.73 Å². The highest BCUT2D eigenvalue weighted by Crippen LogP contribution is 2.31. The summed E-state index contributed by atoms with van der Waals surface area (Å²) in [7, 11) is 0. The Morgan fingerprint density at radius 2 is 2.29 bits per heavy atom. The molecule has 3 heteroatoms. The van der Waals surface area contributed by atoms with Crippen molar-refractivity contribution in [2.24, 2.45) is 5.73 Å². The summed E-state index contributed by atoms with van der Waals surface area (Å²) >= 11 is 3.37. The minimum absolute atomic E-state index is 0.191. The van der Waals surface area contributed by atoms with Gasteiger partial charge in [0, 0.05) is 16.1 Å². The van der Waals surface area contributed by atoms with Gasteiger partial charge in [0.25, 0.3) is 0 Å². The van der Waals surface area contributed by atoms with Crippen LogP contribution in [0.3, 0.4) is 0 Å². The molecule has 3 N–H and O–H groups in total. The number of hydrogen-bond acceptors (Lipinski definition) is 2. The van der Waals surface area contributed by atoms with Crippen LogP contribution >= 0.6 is 15.9 Å². The predicted octanol–water partition coefficient (Wildman–Crippen LogP) is 3.04. The molecule has 1 aromatic rings. The predicted molar refractivity (Wildman–Crippen MR) is 62.3 cm³/mol. The molecule has 1 atom stereocenters. The van der Waals surface area contributed by atoms with Gasteiger partial charge >= 0.3 is 0 Å². The lowest BCUT2D eigenvalue weighted by atomic mass is 10.0. The van der Waals surface area contributed by atoms with Crippen LogP contribution in [0.2, 0.25) is 0 Å². The summed E-state index contributed by atoms with van der Waals surface area (Å²) in [6.45, 7) is 5.48. The molecule has 1 aromatic carbocycles. The summed E-state index contributed by atoms with van der Waals surface area (Å²) in [6, 6.07) is 3.51. The summed E-state index contributed by atoms with van der Waals surface area (Å²) in [5.74, 6) is 0.280. The van der Waals surface area contributed by atoms with E-state index in [1.54, 1.807) is 6.08 Å². The fourth-order valence-corrected chi connectivity index (χ4v) is 1.94. The molecule has 0 amide bonds. The van der Waals surface area contributed by atoms with Crippen LogP contribution in [-0.2, 0) is 0 Å². The molecule has 0 saturated heterocycles. The molecule has 0 radical (unpaired) electrons. The Bertz CT molecular complexity index is 349. The zero-order chi connectivity index (χ0) is 10.7. The first-order valence-corrected chi connectivity index (χ1v) is 5.21. The van der Waals surface area contributed by atoms with Gasteiger partial charge in [0.15, 0.2) is 0 Å². The topological polar surface area (TPSA) is 46.2 Å². The molecule has 0 heterocycles.